The van der Waals surface area contributed by atoms with Crippen LogP contribution in [0.1, 0.15) is 39.0 Å². The lowest BCUT2D eigenvalue weighted by Gasteiger charge is -2.18. The van der Waals surface area contributed by atoms with Crippen molar-refractivity contribution in [3.05, 3.63) is 24.3 Å². The summed E-state index contributed by atoms with van der Waals surface area (Å²) >= 11 is 0. The van der Waals surface area contributed by atoms with Crippen molar-refractivity contribution in [2.45, 2.75) is 39.0 Å². The van der Waals surface area contributed by atoms with Gasteiger partial charge in [-0.25, -0.2) is 0 Å². The van der Waals surface area contributed by atoms with Crippen LogP contribution in [0.3, 0.4) is 0 Å². The zero-order valence-corrected chi connectivity index (χ0v) is 13.0. The monoisotopic (exact) mass is 289 g/mol. The van der Waals surface area contributed by atoms with Crippen LogP contribution in [-0.4, -0.2) is 25.5 Å². The molecule has 1 aliphatic rings. The van der Waals surface area contributed by atoms with Gasteiger partial charge in [-0.15, -0.1) is 0 Å². The van der Waals surface area contributed by atoms with Crippen LogP contribution in [0.4, 0.5) is 11.4 Å². The van der Waals surface area contributed by atoms with Gasteiger partial charge in [-0.1, -0.05) is 13.0 Å². The molecule has 1 unspecified atom stereocenters. The molecule has 116 valence electrons. The van der Waals surface area contributed by atoms with Gasteiger partial charge in [0.15, 0.2) is 0 Å². The van der Waals surface area contributed by atoms with Crippen molar-refractivity contribution in [2.75, 3.05) is 29.9 Å². The van der Waals surface area contributed by atoms with Gasteiger partial charge in [0.25, 0.3) is 0 Å². The van der Waals surface area contributed by atoms with Crippen LogP contribution in [0.15, 0.2) is 24.3 Å². The molecule has 1 aliphatic heterocycles. The van der Waals surface area contributed by atoms with Crippen molar-refractivity contribution >= 4 is 17.3 Å². The minimum Gasteiger partial charge on any atom is -0.371 e. The average Bonchev–Trinajstić information content (AvgIpc) is 3.00. The summed E-state index contributed by atoms with van der Waals surface area (Å²) in [5.74, 6) is 0.606. The third-order valence-corrected chi connectivity index (χ3v) is 4.12. The average molecular weight is 289 g/mol. The van der Waals surface area contributed by atoms with Crippen LogP contribution in [0.2, 0.25) is 0 Å². The Kier molecular flexibility index (Phi) is 6.05. The SMILES string of the molecule is CC(CCN)CCC(=O)Nc1cccc(N2CCCC2)c1. The number of rotatable bonds is 7. The van der Waals surface area contributed by atoms with Gasteiger partial charge in [0.2, 0.25) is 5.91 Å². The van der Waals surface area contributed by atoms with Crippen molar-refractivity contribution < 1.29 is 4.79 Å². The van der Waals surface area contributed by atoms with Crippen LogP contribution in [-0.2, 0) is 4.79 Å². The third kappa shape index (κ3) is 5.05. The second kappa shape index (κ2) is 8.03. The maximum Gasteiger partial charge on any atom is 0.224 e. The minimum atomic E-state index is 0.0949. The van der Waals surface area contributed by atoms with E-state index in [4.69, 9.17) is 5.73 Å². The van der Waals surface area contributed by atoms with Crippen molar-refractivity contribution in [1.29, 1.82) is 0 Å². The van der Waals surface area contributed by atoms with Crippen LogP contribution in [0.5, 0.6) is 0 Å². The molecule has 1 aromatic carbocycles. The van der Waals surface area contributed by atoms with Crippen LogP contribution < -0.4 is 16.0 Å². The van der Waals surface area contributed by atoms with E-state index < -0.39 is 0 Å². The first-order chi connectivity index (χ1) is 10.2. The Morgan fingerprint density at radius 2 is 2.10 bits per heavy atom. The molecule has 21 heavy (non-hydrogen) atoms. The lowest BCUT2D eigenvalue weighted by molar-refractivity contribution is -0.116. The molecule has 1 aromatic rings. The normalized spacial score (nSPS) is 16.0. The Balaban J connectivity index is 1.84. The van der Waals surface area contributed by atoms with E-state index in [0.29, 0.717) is 18.9 Å². The van der Waals surface area contributed by atoms with E-state index in [-0.39, 0.29) is 5.91 Å². The maximum absolute atomic E-state index is 12.0. The highest BCUT2D eigenvalue weighted by molar-refractivity contribution is 5.91. The number of nitrogens with one attached hydrogen (secondary N) is 1. The van der Waals surface area contributed by atoms with Gasteiger partial charge in [-0.2, -0.15) is 0 Å². The fraction of sp³-hybridized carbons (Fsp3) is 0.588. The third-order valence-electron chi connectivity index (χ3n) is 4.12. The van der Waals surface area contributed by atoms with E-state index in [9.17, 15) is 4.79 Å². The van der Waals surface area contributed by atoms with E-state index in [1.807, 2.05) is 12.1 Å². The quantitative estimate of drug-likeness (QED) is 0.811. The second-order valence-corrected chi connectivity index (χ2v) is 6.01. The zero-order valence-electron chi connectivity index (χ0n) is 13.0. The Labute approximate surface area is 127 Å². The van der Waals surface area contributed by atoms with Crippen LogP contribution in [0.25, 0.3) is 0 Å². The standard InChI is InChI=1S/C17H27N3O/c1-14(9-10-18)7-8-17(21)19-15-5-4-6-16(13-15)20-11-2-3-12-20/h4-6,13-14H,2-3,7-12,18H2,1H3,(H,19,21). The van der Waals surface area contributed by atoms with Crippen molar-refractivity contribution in [2.24, 2.45) is 11.7 Å². The highest BCUT2D eigenvalue weighted by Crippen LogP contribution is 2.23. The molecule has 1 atom stereocenters. The summed E-state index contributed by atoms with van der Waals surface area (Å²) in [7, 11) is 0. The summed E-state index contributed by atoms with van der Waals surface area (Å²) in [6.07, 6.45) is 4.97. The summed E-state index contributed by atoms with van der Waals surface area (Å²) < 4.78 is 0. The Hall–Kier alpha value is -1.55. The van der Waals surface area contributed by atoms with Gasteiger partial charge >= 0.3 is 0 Å². The molecule has 0 bridgehead atoms. The van der Waals surface area contributed by atoms with Gasteiger partial charge < -0.3 is 16.0 Å². The van der Waals surface area contributed by atoms with E-state index >= 15 is 0 Å². The number of carbonyl (C=O) groups is 1. The fourth-order valence-electron chi connectivity index (χ4n) is 2.79. The number of carbonyl (C=O) groups excluding carboxylic acids is 1. The molecule has 4 heteroatoms. The largest absolute Gasteiger partial charge is 0.371 e. The van der Waals surface area contributed by atoms with E-state index in [1.54, 1.807) is 0 Å². The number of hydrogen-bond acceptors (Lipinski definition) is 3. The molecular weight excluding hydrogens is 262 g/mol. The first kappa shape index (κ1) is 15.8. The van der Waals surface area contributed by atoms with Crippen molar-refractivity contribution in [1.82, 2.24) is 0 Å². The molecule has 4 nitrogen and oxygen atoms in total. The van der Waals surface area contributed by atoms with Crippen LogP contribution in [0, 0.1) is 5.92 Å². The van der Waals surface area contributed by atoms with Crippen molar-refractivity contribution in [3.8, 4) is 0 Å². The minimum absolute atomic E-state index is 0.0949. The first-order valence-electron chi connectivity index (χ1n) is 8.04. The molecule has 3 N–H and O–H groups in total. The summed E-state index contributed by atoms with van der Waals surface area (Å²) in [4.78, 5) is 14.4. The lowest BCUT2D eigenvalue weighted by Crippen LogP contribution is -2.18. The number of hydrogen-bond donors (Lipinski definition) is 2. The topological polar surface area (TPSA) is 58.4 Å². The molecule has 1 heterocycles. The molecule has 0 radical (unpaired) electrons. The lowest BCUT2D eigenvalue weighted by atomic mass is 10.0. The maximum atomic E-state index is 12.0. The smallest absolute Gasteiger partial charge is 0.224 e. The fourth-order valence-corrected chi connectivity index (χ4v) is 2.79. The van der Waals surface area contributed by atoms with E-state index in [0.717, 1.165) is 31.6 Å². The summed E-state index contributed by atoms with van der Waals surface area (Å²) in [6, 6.07) is 8.16. The molecule has 0 saturated carbocycles. The van der Waals surface area contributed by atoms with Gasteiger partial charge in [0.1, 0.15) is 0 Å². The number of nitrogens with two attached hydrogens (primary N) is 1. The number of nitrogens with zero attached hydrogens (tertiary/aromatic N) is 1. The molecule has 0 aliphatic carbocycles. The first-order valence-corrected chi connectivity index (χ1v) is 8.04. The molecule has 0 aromatic heterocycles. The van der Waals surface area contributed by atoms with E-state index in [1.165, 1.54) is 18.5 Å². The highest BCUT2D eigenvalue weighted by Gasteiger charge is 2.13. The van der Waals surface area contributed by atoms with Gasteiger partial charge in [-0.05, 0) is 56.3 Å². The summed E-state index contributed by atoms with van der Waals surface area (Å²) in [6.45, 7) is 5.08. The number of amides is 1. The molecule has 2 rings (SSSR count). The van der Waals surface area contributed by atoms with Crippen molar-refractivity contribution in [3.63, 3.8) is 0 Å². The van der Waals surface area contributed by atoms with Gasteiger partial charge in [0.05, 0.1) is 0 Å². The molecular formula is C17H27N3O. The Morgan fingerprint density at radius 3 is 2.81 bits per heavy atom. The Bertz CT molecular complexity index is 455. The van der Waals surface area contributed by atoms with Crippen LogP contribution >= 0.6 is 0 Å². The molecule has 0 spiro atoms. The van der Waals surface area contributed by atoms with Gasteiger partial charge in [-0.3, -0.25) is 4.79 Å². The Morgan fingerprint density at radius 1 is 1.33 bits per heavy atom. The molecule has 1 amide bonds. The van der Waals surface area contributed by atoms with Gasteiger partial charge in [0, 0.05) is 30.9 Å². The number of benzene rings is 1. The van der Waals surface area contributed by atoms with E-state index in [2.05, 4.69) is 29.3 Å². The molecule has 1 fully saturated rings. The number of anilines is 2. The summed E-state index contributed by atoms with van der Waals surface area (Å²) in [5.41, 5.74) is 7.64. The summed E-state index contributed by atoms with van der Waals surface area (Å²) in [5, 5.41) is 3.01. The zero-order chi connectivity index (χ0) is 15.1. The predicted molar refractivity (Wildman–Crippen MR) is 88.6 cm³/mol. The highest BCUT2D eigenvalue weighted by atomic mass is 16.1. The molecule has 1 saturated heterocycles. The predicted octanol–water partition coefficient (Wildman–Crippen LogP) is 2.99. The second-order valence-electron chi connectivity index (χ2n) is 6.01.